The van der Waals surface area contributed by atoms with E-state index in [0.29, 0.717) is 5.69 Å². The molecule has 3 aromatic rings. The number of hydrogen-bond donors (Lipinski definition) is 1. The summed E-state index contributed by atoms with van der Waals surface area (Å²) in [7, 11) is 1.60. The van der Waals surface area contributed by atoms with Crippen molar-refractivity contribution in [2.24, 2.45) is 10.2 Å². The smallest absolute Gasteiger partial charge is 0.151 e. The maximum atomic E-state index is 10.3. The van der Waals surface area contributed by atoms with Gasteiger partial charge in [-0.15, -0.1) is 0 Å². The van der Waals surface area contributed by atoms with Crippen molar-refractivity contribution in [3.8, 4) is 5.75 Å². The molecule has 0 aromatic heterocycles. The SMILES string of the molecule is C/N=N/c1c(O)c2ccccc2c2ccccc12. The number of aromatic hydroxyl groups is 1. The summed E-state index contributed by atoms with van der Waals surface area (Å²) >= 11 is 0. The van der Waals surface area contributed by atoms with Crippen LogP contribution in [0.15, 0.2) is 58.8 Å². The molecule has 3 heteroatoms. The zero-order valence-corrected chi connectivity index (χ0v) is 9.96. The Morgan fingerprint density at radius 3 is 1.89 bits per heavy atom. The Hall–Kier alpha value is -2.42. The summed E-state index contributed by atoms with van der Waals surface area (Å²) in [5.74, 6) is 0.190. The lowest BCUT2D eigenvalue weighted by Crippen LogP contribution is -1.80. The van der Waals surface area contributed by atoms with Gasteiger partial charge in [-0.2, -0.15) is 10.2 Å². The largest absolute Gasteiger partial charge is 0.505 e. The quantitative estimate of drug-likeness (QED) is 0.493. The predicted molar refractivity (Wildman–Crippen MR) is 73.6 cm³/mol. The van der Waals surface area contributed by atoms with Crippen LogP contribution in [0.2, 0.25) is 0 Å². The monoisotopic (exact) mass is 236 g/mol. The number of fused-ring (bicyclic) bond motifs is 3. The van der Waals surface area contributed by atoms with Crippen LogP contribution in [0.4, 0.5) is 5.69 Å². The lowest BCUT2D eigenvalue weighted by molar-refractivity contribution is 0.483. The Balaban J connectivity index is 2.62. The second kappa shape index (κ2) is 4.11. The second-order valence-corrected chi connectivity index (χ2v) is 4.09. The van der Waals surface area contributed by atoms with E-state index in [1.165, 1.54) is 0 Å². The molecule has 0 saturated heterocycles. The van der Waals surface area contributed by atoms with Gasteiger partial charge in [-0.1, -0.05) is 48.5 Å². The van der Waals surface area contributed by atoms with Crippen LogP contribution in [-0.4, -0.2) is 12.2 Å². The molecule has 3 nitrogen and oxygen atoms in total. The van der Waals surface area contributed by atoms with E-state index in [-0.39, 0.29) is 5.75 Å². The van der Waals surface area contributed by atoms with Crippen molar-refractivity contribution in [1.29, 1.82) is 0 Å². The van der Waals surface area contributed by atoms with Crippen molar-refractivity contribution < 1.29 is 5.11 Å². The Morgan fingerprint density at radius 1 is 0.778 bits per heavy atom. The summed E-state index contributed by atoms with van der Waals surface area (Å²) in [5, 5.41) is 22.0. The molecule has 0 amide bonds. The van der Waals surface area contributed by atoms with Crippen LogP contribution < -0.4 is 0 Å². The summed E-state index contributed by atoms with van der Waals surface area (Å²) < 4.78 is 0. The maximum Gasteiger partial charge on any atom is 0.151 e. The average Bonchev–Trinajstić information content (AvgIpc) is 2.43. The molecule has 0 heterocycles. The van der Waals surface area contributed by atoms with E-state index in [4.69, 9.17) is 0 Å². The van der Waals surface area contributed by atoms with Crippen molar-refractivity contribution >= 4 is 27.2 Å². The van der Waals surface area contributed by atoms with Crippen molar-refractivity contribution in [3.05, 3.63) is 48.5 Å². The van der Waals surface area contributed by atoms with Crippen LogP contribution in [0.1, 0.15) is 0 Å². The van der Waals surface area contributed by atoms with Crippen LogP contribution in [0, 0.1) is 0 Å². The Morgan fingerprint density at radius 2 is 1.28 bits per heavy atom. The number of phenols is 1. The topological polar surface area (TPSA) is 45.0 Å². The van der Waals surface area contributed by atoms with Gasteiger partial charge in [0, 0.05) is 17.8 Å². The van der Waals surface area contributed by atoms with Crippen LogP contribution in [0.25, 0.3) is 21.5 Å². The highest BCUT2D eigenvalue weighted by molar-refractivity contribution is 6.15. The summed E-state index contributed by atoms with van der Waals surface area (Å²) in [6, 6.07) is 15.7. The highest BCUT2D eigenvalue weighted by Gasteiger charge is 2.12. The van der Waals surface area contributed by atoms with Crippen LogP contribution in [-0.2, 0) is 0 Å². The molecule has 0 fully saturated rings. The number of phenolic OH excluding ortho intramolecular Hbond substituents is 1. The lowest BCUT2D eigenvalue weighted by atomic mass is 9.99. The van der Waals surface area contributed by atoms with Gasteiger partial charge in [-0.05, 0) is 10.8 Å². The van der Waals surface area contributed by atoms with Gasteiger partial charge in [0.15, 0.2) is 5.75 Å². The molecule has 0 aliphatic rings. The summed E-state index contributed by atoms with van der Waals surface area (Å²) in [6.45, 7) is 0. The van der Waals surface area contributed by atoms with Gasteiger partial charge in [0.25, 0.3) is 0 Å². The van der Waals surface area contributed by atoms with Crippen LogP contribution >= 0.6 is 0 Å². The standard InChI is InChI=1S/C15H12N2O/c1-16-17-14-12-8-4-2-6-10(12)11-7-3-5-9-13(11)15(14)18/h2-9,18H,1H3/b17-16+. The highest BCUT2D eigenvalue weighted by atomic mass is 16.3. The van der Waals surface area contributed by atoms with E-state index >= 15 is 0 Å². The molecule has 0 bridgehead atoms. The first kappa shape index (κ1) is 10.7. The van der Waals surface area contributed by atoms with E-state index < -0.39 is 0 Å². The van der Waals surface area contributed by atoms with Crippen molar-refractivity contribution in [2.45, 2.75) is 0 Å². The number of hydrogen-bond acceptors (Lipinski definition) is 3. The number of azo groups is 1. The van der Waals surface area contributed by atoms with E-state index in [0.717, 1.165) is 21.5 Å². The maximum absolute atomic E-state index is 10.3. The third kappa shape index (κ3) is 1.44. The molecular weight excluding hydrogens is 224 g/mol. The van der Waals surface area contributed by atoms with Gasteiger partial charge in [0.05, 0.1) is 0 Å². The lowest BCUT2D eigenvalue weighted by Gasteiger charge is -2.09. The molecule has 1 N–H and O–H groups in total. The van der Waals surface area contributed by atoms with Crippen LogP contribution in [0.3, 0.4) is 0 Å². The normalized spacial score (nSPS) is 11.6. The van der Waals surface area contributed by atoms with Crippen molar-refractivity contribution in [3.63, 3.8) is 0 Å². The third-order valence-electron chi connectivity index (χ3n) is 3.08. The average molecular weight is 236 g/mol. The summed E-state index contributed by atoms with van der Waals surface area (Å²) in [5.41, 5.74) is 0.534. The van der Waals surface area contributed by atoms with E-state index in [9.17, 15) is 5.11 Å². The second-order valence-electron chi connectivity index (χ2n) is 4.09. The molecule has 0 saturated carbocycles. The zero-order chi connectivity index (χ0) is 12.5. The number of rotatable bonds is 1. The number of nitrogens with zero attached hydrogens (tertiary/aromatic N) is 2. The predicted octanol–water partition coefficient (Wildman–Crippen LogP) is 4.41. The highest BCUT2D eigenvalue weighted by Crippen LogP contribution is 2.42. The summed E-state index contributed by atoms with van der Waals surface area (Å²) in [6.07, 6.45) is 0. The van der Waals surface area contributed by atoms with Gasteiger partial charge >= 0.3 is 0 Å². The van der Waals surface area contributed by atoms with Crippen molar-refractivity contribution in [2.75, 3.05) is 7.05 Å². The van der Waals surface area contributed by atoms with Gasteiger partial charge in [-0.3, -0.25) is 0 Å². The molecule has 3 aromatic carbocycles. The molecule has 0 unspecified atom stereocenters. The Kier molecular flexibility index (Phi) is 2.45. The van der Waals surface area contributed by atoms with Gasteiger partial charge in [-0.25, -0.2) is 0 Å². The number of benzene rings is 3. The Labute approximate surface area is 104 Å². The first-order chi connectivity index (χ1) is 8.83. The molecule has 0 spiro atoms. The molecule has 18 heavy (non-hydrogen) atoms. The molecule has 0 atom stereocenters. The van der Waals surface area contributed by atoms with E-state index in [1.54, 1.807) is 7.05 Å². The van der Waals surface area contributed by atoms with Crippen molar-refractivity contribution in [1.82, 2.24) is 0 Å². The molecule has 3 rings (SSSR count). The van der Waals surface area contributed by atoms with Gasteiger partial charge in [0.1, 0.15) is 5.69 Å². The molecule has 0 radical (unpaired) electrons. The van der Waals surface area contributed by atoms with Gasteiger partial charge in [0.2, 0.25) is 0 Å². The minimum atomic E-state index is 0.190. The Bertz CT molecular complexity index is 763. The van der Waals surface area contributed by atoms with E-state index in [1.807, 2.05) is 48.5 Å². The molecular formula is C15H12N2O. The fourth-order valence-corrected chi connectivity index (χ4v) is 2.31. The molecule has 0 aliphatic heterocycles. The third-order valence-corrected chi connectivity index (χ3v) is 3.08. The fourth-order valence-electron chi connectivity index (χ4n) is 2.31. The zero-order valence-electron chi connectivity index (χ0n) is 9.96. The summed E-state index contributed by atoms with van der Waals surface area (Å²) in [4.78, 5) is 0. The minimum Gasteiger partial charge on any atom is -0.505 e. The van der Waals surface area contributed by atoms with Crippen LogP contribution in [0.5, 0.6) is 5.75 Å². The molecule has 88 valence electrons. The fraction of sp³-hybridized carbons (Fsp3) is 0.0667. The minimum absolute atomic E-state index is 0.190. The first-order valence-corrected chi connectivity index (χ1v) is 5.75. The molecule has 0 aliphatic carbocycles. The first-order valence-electron chi connectivity index (χ1n) is 5.75. The van der Waals surface area contributed by atoms with Gasteiger partial charge < -0.3 is 5.11 Å². The van der Waals surface area contributed by atoms with E-state index in [2.05, 4.69) is 10.2 Å².